The molecule has 132 valence electrons. The summed E-state index contributed by atoms with van der Waals surface area (Å²) in [6.07, 6.45) is 0. The Bertz CT molecular complexity index is 807. The number of benzene rings is 2. The molecule has 0 aliphatic carbocycles. The number of hydrogen-bond donors (Lipinski definition) is 0. The lowest BCUT2D eigenvalue weighted by Gasteiger charge is -2.17. The molecule has 0 fully saturated rings. The summed E-state index contributed by atoms with van der Waals surface area (Å²) in [5.74, 6) is 0.393. The number of hydrogen-bond acceptors (Lipinski definition) is 3. The number of carbonyl (C=O) groups excluding carboxylic acids is 1. The van der Waals surface area contributed by atoms with Crippen molar-refractivity contribution in [2.45, 2.75) is 27.7 Å². The molecule has 0 amide bonds. The van der Waals surface area contributed by atoms with E-state index >= 15 is 0 Å². The first kappa shape index (κ1) is 19.8. The quantitative estimate of drug-likeness (QED) is 0.233. The first-order valence-corrected chi connectivity index (χ1v) is 9.38. The molecule has 0 radical (unpaired) electrons. The van der Waals surface area contributed by atoms with Crippen molar-refractivity contribution in [3.05, 3.63) is 61.9 Å². The molecule has 5 heteroatoms. The maximum atomic E-state index is 11.8. The second kappa shape index (κ2) is 8.72. The lowest BCUT2D eigenvalue weighted by atomic mass is 9.96. The van der Waals surface area contributed by atoms with Gasteiger partial charge < -0.3 is 9.47 Å². The zero-order valence-corrected chi connectivity index (χ0v) is 17.6. The van der Waals surface area contributed by atoms with Gasteiger partial charge in [0, 0.05) is 14.7 Å². The van der Waals surface area contributed by atoms with E-state index in [1.165, 1.54) is 0 Å². The van der Waals surface area contributed by atoms with Crippen molar-refractivity contribution >= 4 is 40.2 Å². The van der Waals surface area contributed by atoms with Crippen molar-refractivity contribution in [1.82, 2.24) is 0 Å². The highest BCUT2D eigenvalue weighted by atomic mass is 127. The maximum Gasteiger partial charge on any atom is 0.353 e. The fraction of sp³-hybridized carbons (Fsp3) is 0.250. The van der Waals surface area contributed by atoms with Crippen LogP contribution in [0.5, 0.6) is 5.75 Å². The molecule has 0 aromatic heterocycles. The molecule has 0 unspecified atom stereocenters. The Morgan fingerprint density at radius 1 is 1.08 bits per heavy atom. The number of rotatable bonds is 5. The van der Waals surface area contributed by atoms with Gasteiger partial charge >= 0.3 is 5.97 Å². The predicted octanol–water partition coefficient (Wildman–Crippen LogP) is 5.99. The Morgan fingerprint density at radius 2 is 1.68 bits per heavy atom. The van der Waals surface area contributed by atoms with Gasteiger partial charge in [0.25, 0.3) is 0 Å². The molecule has 0 aliphatic heterocycles. The third-order valence-corrected chi connectivity index (χ3v) is 5.05. The molecule has 2 aromatic rings. The van der Waals surface area contributed by atoms with Crippen LogP contribution >= 0.6 is 34.2 Å². The molecule has 0 N–H and O–H groups in total. The standard InChI is InChI=1S/C20H20ClIO3/c1-5-24-20(23)19(21)14(4)25-16-11-7-9-13(3)18(16)17-12(2)8-6-10-15(17)22/h6-11H,5H2,1-4H3/b19-14+. The molecule has 3 nitrogen and oxygen atoms in total. The van der Waals surface area contributed by atoms with Crippen LogP contribution in [-0.4, -0.2) is 12.6 Å². The largest absolute Gasteiger partial charge is 0.462 e. The lowest BCUT2D eigenvalue weighted by molar-refractivity contribution is -0.137. The number of carbonyl (C=O) groups is 1. The Labute approximate surface area is 167 Å². The second-order valence-electron chi connectivity index (χ2n) is 5.57. The highest BCUT2D eigenvalue weighted by Gasteiger charge is 2.18. The third kappa shape index (κ3) is 4.55. The first-order valence-electron chi connectivity index (χ1n) is 7.93. The topological polar surface area (TPSA) is 35.5 Å². The van der Waals surface area contributed by atoms with Crippen LogP contribution in [0.25, 0.3) is 11.1 Å². The van der Waals surface area contributed by atoms with Crippen molar-refractivity contribution in [2.24, 2.45) is 0 Å². The van der Waals surface area contributed by atoms with Crippen LogP contribution < -0.4 is 4.74 Å². The van der Waals surface area contributed by atoms with E-state index in [1.807, 2.05) is 31.2 Å². The van der Waals surface area contributed by atoms with Crippen LogP contribution in [-0.2, 0) is 9.53 Å². The van der Waals surface area contributed by atoms with Gasteiger partial charge in [-0.3, -0.25) is 0 Å². The van der Waals surface area contributed by atoms with Crippen molar-refractivity contribution in [3.63, 3.8) is 0 Å². The molecule has 0 saturated heterocycles. The van der Waals surface area contributed by atoms with Gasteiger partial charge in [0.2, 0.25) is 0 Å². The molecule has 0 aliphatic rings. The second-order valence-corrected chi connectivity index (χ2v) is 7.11. The van der Waals surface area contributed by atoms with Gasteiger partial charge in [0.05, 0.1) is 6.61 Å². The lowest BCUT2D eigenvalue weighted by Crippen LogP contribution is -2.08. The normalized spacial score (nSPS) is 11.8. The summed E-state index contributed by atoms with van der Waals surface area (Å²) in [6.45, 7) is 7.77. The maximum absolute atomic E-state index is 11.8. The summed E-state index contributed by atoms with van der Waals surface area (Å²) < 4.78 is 12.0. The van der Waals surface area contributed by atoms with Crippen molar-refractivity contribution in [3.8, 4) is 16.9 Å². The average Bonchev–Trinajstić information content (AvgIpc) is 2.56. The Morgan fingerprint density at radius 3 is 2.28 bits per heavy atom. The molecule has 0 spiro atoms. The highest BCUT2D eigenvalue weighted by Crippen LogP contribution is 2.39. The molecule has 25 heavy (non-hydrogen) atoms. The number of aryl methyl sites for hydroxylation is 2. The fourth-order valence-electron chi connectivity index (χ4n) is 2.54. The Kier molecular flexibility index (Phi) is 6.90. The molecule has 0 heterocycles. The van der Waals surface area contributed by atoms with E-state index < -0.39 is 5.97 Å². The minimum absolute atomic E-state index is 0.0474. The molecule has 0 saturated carbocycles. The summed E-state index contributed by atoms with van der Waals surface area (Å²) in [4.78, 5) is 11.8. The van der Waals surface area contributed by atoms with Crippen LogP contribution in [0.1, 0.15) is 25.0 Å². The summed E-state index contributed by atoms with van der Waals surface area (Å²) >= 11 is 8.41. The first-order chi connectivity index (χ1) is 11.9. The average molecular weight is 471 g/mol. The van der Waals surface area contributed by atoms with E-state index in [1.54, 1.807) is 13.8 Å². The van der Waals surface area contributed by atoms with Crippen molar-refractivity contribution in [2.75, 3.05) is 6.61 Å². The number of allylic oxidation sites excluding steroid dienone is 1. The van der Waals surface area contributed by atoms with E-state index in [0.717, 1.165) is 25.8 Å². The van der Waals surface area contributed by atoms with Gasteiger partial charge in [0.1, 0.15) is 11.5 Å². The van der Waals surface area contributed by atoms with E-state index in [2.05, 4.69) is 41.6 Å². The van der Waals surface area contributed by atoms with E-state index in [4.69, 9.17) is 21.1 Å². The minimum Gasteiger partial charge on any atom is -0.462 e. The molecular weight excluding hydrogens is 451 g/mol. The fourth-order valence-corrected chi connectivity index (χ4v) is 3.54. The van der Waals surface area contributed by atoms with Gasteiger partial charge in [-0.05, 0) is 73.5 Å². The van der Waals surface area contributed by atoms with E-state index in [-0.39, 0.29) is 11.6 Å². The van der Waals surface area contributed by atoms with Gasteiger partial charge in [-0.15, -0.1) is 0 Å². The SMILES string of the molecule is CCOC(=O)/C(Cl)=C(/C)Oc1cccc(C)c1-c1c(C)cccc1I. The summed E-state index contributed by atoms with van der Waals surface area (Å²) in [7, 11) is 0. The van der Waals surface area contributed by atoms with Gasteiger partial charge in [-0.25, -0.2) is 4.79 Å². The van der Waals surface area contributed by atoms with Crippen molar-refractivity contribution < 1.29 is 14.3 Å². The zero-order valence-electron chi connectivity index (χ0n) is 14.7. The Balaban J connectivity index is 2.53. The number of ether oxygens (including phenoxy) is 2. The Hall–Kier alpha value is -1.53. The van der Waals surface area contributed by atoms with Crippen LogP contribution in [0.15, 0.2) is 47.2 Å². The van der Waals surface area contributed by atoms with Crippen molar-refractivity contribution in [1.29, 1.82) is 0 Å². The van der Waals surface area contributed by atoms with Gasteiger partial charge in [-0.1, -0.05) is 35.9 Å². The predicted molar refractivity (Wildman–Crippen MR) is 110 cm³/mol. The van der Waals surface area contributed by atoms with Gasteiger partial charge in [-0.2, -0.15) is 0 Å². The molecule has 2 aromatic carbocycles. The smallest absolute Gasteiger partial charge is 0.353 e. The van der Waals surface area contributed by atoms with Crippen LogP contribution in [0, 0.1) is 17.4 Å². The number of halogens is 2. The molecule has 0 atom stereocenters. The van der Waals surface area contributed by atoms with Crippen LogP contribution in [0.4, 0.5) is 0 Å². The monoisotopic (exact) mass is 470 g/mol. The molecule has 0 bridgehead atoms. The number of esters is 1. The van der Waals surface area contributed by atoms with E-state index in [0.29, 0.717) is 11.5 Å². The summed E-state index contributed by atoms with van der Waals surface area (Å²) in [6, 6.07) is 12.0. The summed E-state index contributed by atoms with van der Waals surface area (Å²) in [5, 5.41) is -0.0474. The molecular formula is C20H20ClIO3. The van der Waals surface area contributed by atoms with Crippen LogP contribution in [0.3, 0.4) is 0 Å². The van der Waals surface area contributed by atoms with Crippen LogP contribution in [0.2, 0.25) is 0 Å². The highest BCUT2D eigenvalue weighted by molar-refractivity contribution is 14.1. The minimum atomic E-state index is -0.582. The van der Waals surface area contributed by atoms with Gasteiger partial charge in [0.15, 0.2) is 5.03 Å². The third-order valence-electron chi connectivity index (χ3n) is 3.73. The summed E-state index contributed by atoms with van der Waals surface area (Å²) in [5.41, 5.74) is 4.36. The van der Waals surface area contributed by atoms with E-state index in [9.17, 15) is 4.79 Å². The molecule has 2 rings (SSSR count). The zero-order chi connectivity index (χ0) is 18.6.